The summed E-state index contributed by atoms with van der Waals surface area (Å²) in [5.74, 6) is 1.16. The molecule has 0 amide bonds. The van der Waals surface area contributed by atoms with Crippen LogP contribution in [0.25, 0.3) is 0 Å². The van der Waals surface area contributed by atoms with Crippen molar-refractivity contribution in [3.63, 3.8) is 0 Å². The number of carbonyl (C=O) groups is 1. The van der Waals surface area contributed by atoms with Crippen LogP contribution in [0.3, 0.4) is 0 Å². The third-order valence-electron chi connectivity index (χ3n) is 2.88. The minimum Gasteiger partial charge on any atom is -0.491 e. The van der Waals surface area contributed by atoms with Crippen molar-refractivity contribution in [2.45, 2.75) is 38.7 Å². The second-order valence-electron chi connectivity index (χ2n) is 4.67. The molecule has 2 rings (SSSR count). The molecule has 0 N–H and O–H groups in total. The van der Waals surface area contributed by atoms with Gasteiger partial charge in [-0.15, -0.1) is 0 Å². The van der Waals surface area contributed by atoms with Gasteiger partial charge in [0.25, 0.3) is 0 Å². The molecular weight excluding hydrogens is 244 g/mol. The van der Waals surface area contributed by atoms with Crippen molar-refractivity contribution in [3.8, 4) is 11.5 Å². The highest BCUT2D eigenvalue weighted by Gasteiger charge is 2.22. The Morgan fingerprint density at radius 3 is 2.58 bits per heavy atom. The molecule has 4 heteroatoms. The van der Waals surface area contributed by atoms with E-state index in [1.165, 1.54) is 0 Å². The summed E-state index contributed by atoms with van der Waals surface area (Å²) in [6.45, 7) is 3.47. The molecular formula is C15H20O4. The number of esters is 1. The molecule has 0 aromatic heterocycles. The molecule has 19 heavy (non-hydrogen) atoms. The fraction of sp³-hybridized carbons (Fsp3) is 0.533. The molecule has 1 aliphatic heterocycles. The Hall–Kier alpha value is -1.55. The predicted octanol–water partition coefficient (Wildman–Crippen LogP) is 2.95. The van der Waals surface area contributed by atoms with Gasteiger partial charge in [-0.25, -0.2) is 0 Å². The van der Waals surface area contributed by atoms with Crippen LogP contribution in [0.1, 0.15) is 32.6 Å². The average molecular weight is 264 g/mol. The first-order chi connectivity index (χ1) is 9.28. The second-order valence-corrected chi connectivity index (χ2v) is 4.67. The van der Waals surface area contributed by atoms with E-state index in [9.17, 15) is 4.79 Å². The van der Waals surface area contributed by atoms with Crippen molar-refractivity contribution >= 4 is 5.97 Å². The summed E-state index contributed by atoms with van der Waals surface area (Å²) in [4.78, 5) is 11.5. The van der Waals surface area contributed by atoms with Crippen molar-refractivity contribution in [1.29, 1.82) is 0 Å². The fourth-order valence-electron chi connectivity index (χ4n) is 1.66. The maximum Gasteiger partial charge on any atom is 0.311 e. The minimum atomic E-state index is -0.173. The van der Waals surface area contributed by atoms with Crippen molar-refractivity contribution in [3.05, 3.63) is 24.3 Å². The summed E-state index contributed by atoms with van der Waals surface area (Å²) in [6.07, 6.45) is 3.77. The van der Waals surface area contributed by atoms with Gasteiger partial charge in [0.1, 0.15) is 24.2 Å². The monoisotopic (exact) mass is 264 g/mol. The van der Waals surface area contributed by atoms with Gasteiger partial charge in [0.15, 0.2) is 0 Å². The zero-order valence-corrected chi connectivity index (χ0v) is 11.3. The van der Waals surface area contributed by atoms with Crippen LogP contribution in [0.5, 0.6) is 11.5 Å². The number of hydrogen-bond acceptors (Lipinski definition) is 4. The Bertz CT molecular complexity index is 395. The van der Waals surface area contributed by atoms with E-state index >= 15 is 0 Å². The summed E-state index contributed by atoms with van der Waals surface area (Å²) in [6, 6.07) is 7.11. The largest absolute Gasteiger partial charge is 0.491 e. The highest BCUT2D eigenvalue weighted by molar-refractivity contribution is 5.72. The summed E-state index contributed by atoms with van der Waals surface area (Å²) in [5, 5.41) is 0. The first-order valence-corrected chi connectivity index (χ1v) is 6.83. The number of epoxide rings is 1. The van der Waals surface area contributed by atoms with Gasteiger partial charge in [0.05, 0.1) is 6.61 Å². The van der Waals surface area contributed by atoms with E-state index in [4.69, 9.17) is 14.2 Å². The molecule has 1 unspecified atom stereocenters. The van der Waals surface area contributed by atoms with E-state index in [0.717, 1.165) is 31.6 Å². The Kier molecular flexibility index (Phi) is 5.21. The topological polar surface area (TPSA) is 48.1 Å². The molecule has 1 fully saturated rings. The lowest BCUT2D eigenvalue weighted by Crippen LogP contribution is -2.07. The molecule has 0 spiro atoms. The van der Waals surface area contributed by atoms with Crippen LogP contribution in [0.2, 0.25) is 0 Å². The summed E-state index contributed by atoms with van der Waals surface area (Å²) >= 11 is 0. The van der Waals surface area contributed by atoms with Gasteiger partial charge in [-0.3, -0.25) is 4.79 Å². The summed E-state index contributed by atoms with van der Waals surface area (Å²) in [7, 11) is 0. The quantitative estimate of drug-likeness (QED) is 0.313. The first-order valence-electron chi connectivity index (χ1n) is 6.83. The zero-order chi connectivity index (χ0) is 13.5. The molecule has 1 saturated heterocycles. The third kappa shape index (κ3) is 5.30. The zero-order valence-electron chi connectivity index (χ0n) is 11.3. The SMILES string of the molecule is CCCCCC(=O)Oc1ccc(OCC2CO2)cc1. The van der Waals surface area contributed by atoms with Crippen molar-refractivity contribution < 1.29 is 19.0 Å². The van der Waals surface area contributed by atoms with Crippen molar-refractivity contribution in [2.24, 2.45) is 0 Å². The fourth-order valence-corrected chi connectivity index (χ4v) is 1.66. The van der Waals surface area contributed by atoms with Crippen LogP contribution in [0.4, 0.5) is 0 Å². The first kappa shape index (κ1) is 13.9. The van der Waals surface area contributed by atoms with Gasteiger partial charge < -0.3 is 14.2 Å². The molecule has 1 atom stereocenters. The summed E-state index contributed by atoms with van der Waals surface area (Å²) < 4.78 is 15.8. The second kappa shape index (κ2) is 7.14. The lowest BCUT2D eigenvalue weighted by atomic mass is 10.2. The lowest BCUT2D eigenvalue weighted by molar-refractivity contribution is -0.134. The number of rotatable bonds is 8. The molecule has 0 saturated carbocycles. The Morgan fingerprint density at radius 1 is 1.26 bits per heavy atom. The van der Waals surface area contributed by atoms with Crippen LogP contribution in [0.15, 0.2) is 24.3 Å². The van der Waals surface area contributed by atoms with Crippen LogP contribution in [-0.4, -0.2) is 25.3 Å². The molecule has 1 heterocycles. The van der Waals surface area contributed by atoms with E-state index in [1.54, 1.807) is 24.3 Å². The van der Waals surface area contributed by atoms with Crippen LogP contribution >= 0.6 is 0 Å². The molecule has 4 nitrogen and oxygen atoms in total. The highest BCUT2D eigenvalue weighted by atomic mass is 16.6. The lowest BCUT2D eigenvalue weighted by Gasteiger charge is -2.06. The van der Waals surface area contributed by atoms with Gasteiger partial charge in [-0.1, -0.05) is 19.8 Å². The standard InChI is InChI=1S/C15H20O4/c1-2-3-4-5-15(16)19-13-8-6-12(7-9-13)17-10-14-11-18-14/h6-9,14H,2-5,10-11H2,1H3. The van der Waals surface area contributed by atoms with Crippen LogP contribution < -0.4 is 9.47 Å². The molecule has 1 aromatic carbocycles. The molecule has 0 radical (unpaired) electrons. The van der Waals surface area contributed by atoms with Crippen LogP contribution in [0, 0.1) is 0 Å². The van der Waals surface area contributed by atoms with Gasteiger partial charge >= 0.3 is 5.97 Å². The number of hydrogen-bond donors (Lipinski definition) is 0. The molecule has 1 aliphatic rings. The van der Waals surface area contributed by atoms with E-state index in [1.807, 2.05) is 0 Å². The number of benzene rings is 1. The smallest absolute Gasteiger partial charge is 0.311 e. The molecule has 0 bridgehead atoms. The molecule has 0 aliphatic carbocycles. The maximum atomic E-state index is 11.5. The molecule has 104 valence electrons. The van der Waals surface area contributed by atoms with E-state index in [2.05, 4.69) is 6.92 Å². The Balaban J connectivity index is 1.72. The number of carbonyl (C=O) groups excluding carboxylic acids is 1. The minimum absolute atomic E-state index is 0.173. The van der Waals surface area contributed by atoms with Crippen molar-refractivity contribution in [2.75, 3.05) is 13.2 Å². The summed E-state index contributed by atoms with van der Waals surface area (Å²) in [5.41, 5.74) is 0. The number of ether oxygens (including phenoxy) is 3. The predicted molar refractivity (Wildman–Crippen MR) is 71.5 cm³/mol. The Labute approximate surface area is 113 Å². The number of unbranched alkanes of at least 4 members (excludes halogenated alkanes) is 2. The highest BCUT2D eigenvalue weighted by Crippen LogP contribution is 2.20. The van der Waals surface area contributed by atoms with Gasteiger partial charge in [-0.05, 0) is 30.7 Å². The van der Waals surface area contributed by atoms with E-state index in [0.29, 0.717) is 18.8 Å². The molecule has 1 aromatic rings. The normalized spacial score (nSPS) is 17.0. The average Bonchev–Trinajstić information content (AvgIpc) is 3.22. The van der Waals surface area contributed by atoms with Crippen molar-refractivity contribution in [1.82, 2.24) is 0 Å². The van der Waals surface area contributed by atoms with Gasteiger partial charge in [0.2, 0.25) is 0 Å². The third-order valence-corrected chi connectivity index (χ3v) is 2.88. The van der Waals surface area contributed by atoms with Crippen LogP contribution in [-0.2, 0) is 9.53 Å². The van der Waals surface area contributed by atoms with Gasteiger partial charge in [-0.2, -0.15) is 0 Å². The maximum absolute atomic E-state index is 11.5. The van der Waals surface area contributed by atoms with E-state index < -0.39 is 0 Å². The Morgan fingerprint density at radius 2 is 1.95 bits per heavy atom. The van der Waals surface area contributed by atoms with E-state index in [-0.39, 0.29) is 12.1 Å². The van der Waals surface area contributed by atoms with Gasteiger partial charge in [0, 0.05) is 6.42 Å².